The molecule has 3 aromatic heterocycles. The van der Waals surface area contributed by atoms with Crippen molar-refractivity contribution in [3.05, 3.63) is 40.9 Å². The van der Waals surface area contributed by atoms with Gasteiger partial charge in [-0.25, -0.2) is 24.5 Å². The molecule has 11 nitrogen and oxygen atoms in total. The lowest BCUT2D eigenvalue weighted by Crippen LogP contribution is -2.46. The van der Waals surface area contributed by atoms with E-state index in [1.807, 2.05) is 45.0 Å². The van der Waals surface area contributed by atoms with Gasteiger partial charge in [-0.3, -0.25) is 14.6 Å². The zero-order valence-electron chi connectivity index (χ0n) is 21.6. The molecule has 0 aliphatic heterocycles. The van der Waals surface area contributed by atoms with Crippen molar-refractivity contribution >= 4 is 23.3 Å². The Hall–Kier alpha value is -4.02. The maximum atomic E-state index is 12.6. The van der Waals surface area contributed by atoms with Crippen LogP contribution in [0.15, 0.2) is 35.3 Å². The van der Waals surface area contributed by atoms with E-state index in [2.05, 4.69) is 25.1 Å². The number of methoxy groups -OCH3 is 1. The number of carbonyl (C=O) groups excluding carboxylic acids is 1. The minimum absolute atomic E-state index is 0.162. The molecule has 1 amide bonds. The quantitative estimate of drug-likeness (QED) is 0.408. The molecule has 1 aromatic carbocycles. The van der Waals surface area contributed by atoms with Gasteiger partial charge in [-0.05, 0) is 39.5 Å². The van der Waals surface area contributed by atoms with E-state index in [1.54, 1.807) is 10.8 Å². The second-order valence-corrected chi connectivity index (χ2v) is 10.5. The smallest absolute Gasteiger partial charge is 0.416 e. The summed E-state index contributed by atoms with van der Waals surface area (Å²) >= 11 is 0. The van der Waals surface area contributed by atoms with E-state index < -0.39 is 11.6 Å². The van der Waals surface area contributed by atoms with Gasteiger partial charge in [0.2, 0.25) is 0 Å². The fourth-order valence-electron chi connectivity index (χ4n) is 4.88. The van der Waals surface area contributed by atoms with Gasteiger partial charge in [0.1, 0.15) is 0 Å². The van der Waals surface area contributed by atoms with Crippen molar-refractivity contribution in [3.63, 3.8) is 0 Å². The first-order valence-electron chi connectivity index (χ1n) is 12.6. The van der Waals surface area contributed by atoms with Gasteiger partial charge < -0.3 is 4.74 Å². The second-order valence-electron chi connectivity index (χ2n) is 10.5. The van der Waals surface area contributed by atoms with Gasteiger partial charge in [-0.1, -0.05) is 43.5 Å². The number of imidazole rings is 1. The molecule has 3 heterocycles. The van der Waals surface area contributed by atoms with E-state index >= 15 is 0 Å². The number of hydrogen-bond acceptors (Lipinski definition) is 7. The fourth-order valence-corrected chi connectivity index (χ4v) is 4.88. The highest BCUT2D eigenvalue weighted by molar-refractivity contribution is 5.87. The van der Waals surface area contributed by atoms with E-state index in [-0.39, 0.29) is 11.6 Å². The number of fused-ring (bicyclic) bond motifs is 1. The molecule has 1 aliphatic carbocycles. The fraction of sp³-hybridized carbons (Fsp3) is 0.462. The molecule has 0 atom stereocenters. The first-order chi connectivity index (χ1) is 17.7. The summed E-state index contributed by atoms with van der Waals surface area (Å²) in [7, 11) is 1.33. The number of hydrogen-bond donors (Lipinski definition) is 2. The van der Waals surface area contributed by atoms with E-state index in [0.717, 1.165) is 24.0 Å². The van der Waals surface area contributed by atoms with Crippen molar-refractivity contribution in [3.8, 4) is 22.6 Å². The Morgan fingerprint density at radius 3 is 2.49 bits per heavy atom. The normalized spacial score (nSPS) is 14.7. The van der Waals surface area contributed by atoms with E-state index in [4.69, 9.17) is 9.72 Å². The van der Waals surface area contributed by atoms with Crippen LogP contribution in [0.3, 0.4) is 0 Å². The number of nitrogens with one attached hydrogen (secondary N) is 2. The van der Waals surface area contributed by atoms with Crippen LogP contribution in [0.2, 0.25) is 0 Å². The zero-order chi connectivity index (χ0) is 26.2. The van der Waals surface area contributed by atoms with Gasteiger partial charge in [0, 0.05) is 23.2 Å². The number of anilines is 1. The third-order valence-corrected chi connectivity index (χ3v) is 6.80. The lowest BCUT2D eigenvalue weighted by atomic mass is 9.89. The van der Waals surface area contributed by atoms with Crippen LogP contribution in [-0.2, 0) is 11.3 Å². The summed E-state index contributed by atoms with van der Waals surface area (Å²) in [4.78, 5) is 42.9. The molecule has 194 valence electrons. The van der Waals surface area contributed by atoms with Crippen LogP contribution in [0.1, 0.15) is 52.9 Å². The van der Waals surface area contributed by atoms with Crippen LogP contribution in [0.25, 0.3) is 33.9 Å². The predicted octanol–water partition coefficient (Wildman–Crippen LogP) is 4.52. The van der Waals surface area contributed by atoms with Crippen molar-refractivity contribution in [2.75, 3.05) is 12.0 Å². The molecule has 0 bridgehead atoms. The molecule has 1 fully saturated rings. The lowest BCUT2D eigenvalue weighted by molar-refractivity contribution is 0.172. The summed E-state index contributed by atoms with van der Waals surface area (Å²) in [6.45, 7) is 6.31. The van der Waals surface area contributed by atoms with Gasteiger partial charge in [0.15, 0.2) is 17.1 Å². The Balaban J connectivity index is 1.40. The molecule has 1 saturated carbocycles. The molecule has 0 radical (unpaired) electrons. The summed E-state index contributed by atoms with van der Waals surface area (Å²) in [6.07, 6.45) is 7.13. The van der Waals surface area contributed by atoms with Crippen molar-refractivity contribution < 1.29 is 9.53 Å². The van der Waals surface area contributed by atoms with E-state index in [0.29, 0.717) is 35.3 Å². The van der Waals surface area contributed by atoms with Crippen LogP contribution in [0.5, 0.6) is 0 Å². The van der Waals surface area contributed by atoms with Crippen LogP contribution >= 0.6 is 0 Å². The van der Waals surface area contributed by atoms with Crippen molar-refractivity contribution in [2.45, 2.75) is 65.0 Å². The van der Waals surface area contributed by atoms with Gasteiger partial charge >= 0.3 is 11.8 Å². The Morgan fingerprint density at radius 2 is 1.81 bits per heavy atom. The average molecular weight is 505 g/mol. The van der Waals surface area contributed by atoms with Crippen molar-refractivity contribution in [1.29, 1.82) is 0 Å². The van der Waals surface area contributed by atoms with Gasteiger partial charge in [-0.2, -0.15) is 4.98 Å². The maximum Gasteiger partial charge on any atom is 0.416 e. The molecule has 37 heavy (non-hydrogen) atoms. The van der Waals surface area contributed by atoms with Gasteiger partial charge in [-0.15, -0.1) is 5.10 Å². The number of H-pyrrole nitrogens is 2. The summed E-state index contributed by atoms with van der Waals surface area (Å²) in [5.41, 5.74) is 2.70. The van der Waals surface area contributed by atoms with Crippen LogP contribution in [-0.4, -0.2) is 53.4 Å². The summed E-state index contributed by atoms with van der Waals surface area (Å²) in [5, 5.41) is 7.14. The molecular formula is C26H32N8O3. The van der Waals surface area contributed by atoms with E-state index in [9.17, 15) is 9.59 Å². The molecule has 0 saturated heterocycles. The molecule has 0 unspecified atom stereocenters. The largest absolute Gasteiger partial charge is 0.452 e. The van der Waals surface area contributed by atoms with Gasteiger partial charge in [0.05, 0.1) is 19.0 Å². The molecule has 0 spiro atoms. The number of amides is 1. The third-order valence-electron chi connectivity index (χ3n) is 6.80. The number of aromatic nitrogens is 7. The van der Waals surface area contributed by atoms with Crippen LogP contribution in [0.4, 0.5) is 10.7 Å². The monoisotopic (exact) mass is 504 g/mol. The number of carbonyl (C=O) groups is 1. The highest BCUT2D eigenvalue weighted by Gasteiger charge is 2.32. The lowest BCUT2D eigenvalue weighted by Gasteiger charge is -2.31. The summed E-state index contributed by atoms with van der Waals surface area (Å²) in [5.74, 6) is 1.25. The third kappa shape index (κ3) is 4.98. The minimum atomic E-state index is -0.566. The average Bonchev–Trinajstić information content (AvgIpc) is 3.48. The minimum Gasteiger partial charge on any atom is -0.452 e. The highest BCUT2D eigenvalue weighted by Crippen LogP contribution is 2.28. The van der Waals surface area contributed by atoms with Crippen LogP contribution in [0, 0.1) is 5.92 Å². The zero-order valence-corrected chi connectivity index (χ0v) is 21.6. The number of benzene rings is 1. The number of rotatable bonds is 5. The van der Waals surface area contributed by atoms with Crippen molar-refractivity contribution in [2.24, 2.45) is 5.92 Å². The highest BCUT2D eigenvalue weighted by atomic mass is 16.5. The maximum absolute atomic E-state index is 12.6. The van der Waals surface area contributed by atoms with Gasteiger partial charge in [0.25, 0.3) is 5.95 Å². The Kier molecular flexibility index (Phi) is 6.53. The molecule has 2 N–H and O–H groups in total. The van der Waals surface area contributed by atoms with Crippen LogP contribution < -0.4 is 10.6 Å². The Bertz CT molecular complexity index is 1460. The first kappa shape index (κ1) is 24.7. The predicted molar refractivity (Wildman–Crippen MR) is 140 cm³/mol. The molecule has 1 aliphatic rings. The number of ether oxygens (including phenoxy) is 1. The Morgan fingerprint density at radius 1 is 1.11 bits per heavy atom. The standard InChI is InChI=1S/C26H32N8O3/c1-26(2,3)34(25(36)37-4)23-29-20(31-32-23)18-12-10-17(11-13-18)19-14-27-21-22(28-19)33(24(35)30-21)15-16-8-6-5-7-9-16/h10-14,16H,5-9,15H2,1-4H3,(H,27,30,35)(H,29,31,32). The summed E-state index contributed by atoms with van der Waals surface area (Å²) < 4.78 is 6.64. The summed E-state index contributed by atoms with van der Waals surface area (Å²) in [6, 6.07) is 7.64. The molecule has 4 aromatic rings. The second kappa shape index (κ2) is 9.79. The number of nitrogens with zero attached hydrogens (tertiary/aromatic N) is 6. The topological polar surface area (TPSA) is 135 Å². The van der Waals surface area contributed by atoms with Crippen molar-refractivity contribution in [1.82, 2.24) is 34.7 Å². The molecular weight excluding hydrogens is 472 g/mol. The first-order valence-corrected chi connectivity index (χ1v) is 12.6. The number of aromatic amines is 2. The molecule has 5 rings (SSSR count). The molecule has 11 heteroatoms. The Labute approximate surface area is 214 Å². The van der Waals surface area contributed by atoms with E-state index in [1.165, 1.54) is 31.3 Å². The SMILES string of the molecule is COC(=O)N(c1n[nH]c(-c2ccc(-c3cnc4[nH]c(=O)n(CC5CCCCC5)c4n3)cc2)n1)C(C)(C)C.